The Kier molecular flexibility index (Phi) is 4.12. The third-order valence-electron chi connectivity index (χ3n) is 3.02. The molecule has 0 radical (unpaired) electrons. The molecule has 1 atom stereocenters. The van der Waals surface area contributed by atoms with E-state index in [1.54, 1.807) is 11.8 Å². The zero-order valence-electron chi connectivity index (χ0n) is 10.9. The van der Waals surface area contributed by atoms with Gasteiger partial charge in [0.25, 0.3) is 0 Å². The number of thioether (sulfide) groups is 1. The Bertz CT molecular complexity index is 316. The van der Waals surface area contributed by atoms with Gasteiger partial charge >= 0.3 is 5.97 Å². The zero-order chi connectivity index (χ0) is 13.3. The lowest BCUT2D eigenvalue weighted by Gasteiger charge is -2.39. The van der Waals surface area contributed by atoms with Gasteiger partial charge in [-0.2, -0.15) is 0 Å². The topological polar surface area (TPSA) is 57.6 Å². The van der Waals surface area contributed by atoms with Crippen LogP contribution in [0, 0.1) is 0 Å². The first-order chi connectivity index (χ1) is 7.67. The number of nitrogens with zero attached hydrogens (tertiary/aromatic N) is 1. The molecule has 1 rings (SSSR count). The van der Waals surface area contributed by atoms with Crippen molar-refractivity contribution in [2.24, 2.45) is 0 Å². The van der Waals surface area contributed by atoms with Crippen LogP contribution in [0.3, 0.4) is 0 Å². The van der Waals surface area contributed by atoms with E-state index in [4.69, 9.17) is 5.11 Å². The molecule has 1 aliphatic rings. The van der Waals surface area contributed by atoms with Crippen LogP contribution in [0.1, 0.15) is 40.5 Å². The monoisotopic (exact) mass is 259 g/mol. The minimum absolute atomic E-state index is 0.0464. The van der Waals surface area contributed by atoms with Gasteiger partial charge in [-0.15, -0.1) is 11.8 Å². The standard InChI is InChI=1S/C12H21NO3S/c1-11(2,3)13(8-9(14)15)10(16)12(4)6-5-7-17-12/h5-8H2,1-4H3,(H,14,15). The fourth-order valence-corrected chi connectivity index (χ4v) is 3.24. The third-order valence-corrected chi connectivity index (χ3v) is 4.53. The molecule has 1 unspecified atom stereocenters. The summed E-state index contributed by atoms with van der Waals surface area (Å²) >= 11 is 1.64. The largest absolute Gasteiger partial charge is 0.480 e. The summed E-state index contributed by atoms with van der Waals surface area (Å²) in [5, 5.41) is 8.92. The molecule has 98 valence electrons. The van der Waals surface area contributed by atoms with Crippen LogP contribution >= 0.6 is 11.8 Å². The van der Waals surface area contributed by atoms with Gasteiger partial charge in [0.15, 0.2) is 0 Å². The lowest BCUT2D eigenvalue weighted by molar-refractivity contribution is -0.149. The van der Waals surface area contributed by atoms with E-state index in [1.165, 1.54) is 4.90 Å². The second-order valence-electron chi connectivity index (χ2n) is 5.64. The maximum atomic E-state index is 12.5. The first-order valence-electron chi connectivity index (χ1n) is 5.85. The number of aliphatic carboxylic acids is 1. The molecular formula is C12H21NO3S. The van der Waals surface area contributed by atoms with E-state index >= 15 is 0 Å². The molecule has 4 nitrogen and oxygen atoms in total. The first-order valence-corrected chi connectivity index (χ1v) is 6.83. The third kappa shape index (κ3) is 3.37. The van der Waals surface area contributed by atoms with Gasteiger partial charge in [-0.05, 0) is 46.3 Å². The molecule has 1 aliphatic heterocycles. The summed E-state index contributed by atoms with van der Waals surface area (Å²) in [7, 11) is 0. The van der Waals surface area contributed by atoms with Crippen LogP contribution < -0.4 is 0 Å². The molecule has 1 fully saturated rings. The predicted molar refractivity (Wildman–Crippen MR) is 69.2 cm³/mol. The second-order valence-corrected chi connectivity index (χ2v) is 7.24. The fourth-order valence-electron chi connectivity index (χ4n) is 1.98. The van der Waals surface area contributed by atoms with Crippen molar-refractivity contribution < 1.29 is 14.7 Å². The van der Waals surface area contributed by atoms with E-state index in [9.17, 15) is 9.59 Å². The Morgan fingerprint density at radius 2 is 2.00 bits per heavy atom. The Morgan fingerprint density at radius 1 is 1.41 bits per heavy atom. The number of hydrogen-bond donors (Lipinski definition) is 1. The predicted octanol–water partition coefficient (Wildman–Crippen LogP) is 1.98. The smallest absolute Gasteiger partial charge is 0.323 e. The van der Waals surface area contributed by atoms with Gasteiger partial charge < -0.3 is 10.0 Å². The Hall–Kier alpha value is -0.710. The molecule has 17 heavy (non-hydrogen) atoms. The van der Waals surface area contributed by atoms with Crippen molar-refractivity contribution >= 4 is 23.6 Å². The number of carboxylic acid groups (broad SMARTS) is 1. The quantitative estimate of drug-likeness (QED) is 0.842. The number of carbonyl (C=O) groups excluding carboxylic acids is 1. The highest BCUT2D eigenvalue weighted by molar-refractivity contribution is 8.01. The van der Waals surface area contributed by atoms with Gasteiger partial charge in [0.05, 0.1) is 4.75 Å². The Balaban J connectivity index is 2.90. The van der Waals surface area contributed by atoms with Crippen molar-refractivity contribution in [2.75, 3.05) is 12.3 Å². The summed E-state index contributed by atoms with van der Waals surface area (Å²) in [6.07, 6.45) is 1.86. The van der Waals surface area contributed by atoms with Crippen molar-refractivity contribution in [3.8, 4) is 0 Å². The normalized spacial score (nSPS) is 24.7. The first kappa shape index (κ1) is 14.4. The average molecular weight is 259 g/mol. The molecule has 0 saturated carbocycles. The lowest BCUT2D eigenvalue weighted by Crippen LogP contribution is -2.54. The molecule has 1 saturated heterocycles. The van der Waals surface area contributed by atoms with E-state index in [0.29, 0.717) is 0 Å². The summed E-state index contributed by atoms with van der Waals surface area (Å²) in [5.74, 6) is -0.0254. The fraction of sp³-hybridized carbons (Fsp3) is 0.833. The highest BCUT2D eigenvalue weighted by Crippen LogP contribution is 2.40. The molecule has 0 spiro atoms. The number of carboxylic acids is 1. The molecule has 1 N–H and O–H groups in total. The van der Waals surface area contributed by atoms with Crippen molar-refractivity contribution in [3.63, 3.8) is 0 Å². The van der Waals surface area contributed by atoms with E-state index in [0.717, 1.165) is 18.6 Å². The van der Waals surface area contributed by atoms with E-state index < -0.39 is 16.3 Å². The van der Waals surface area contributed by atoms with Crippen LogP contribution in [0.25, 0.3) is 0 Å². The molecular weight excluding hydrogens is 238 g/mol. The van der Waals surface area contributed by atoms with Gasteiger partial charge in [-0.1, -0.05) is 0 Å². The lowest BCUT2D eigenvalue weighted by atomic mass is 9.98. The van der Waals surface area contributed by atoms with Crippen LogP contribution in [0.5, 0.6) is 0 Å². The number of amides is 1. The van der Waals surface area contributed by atoms with Crippen LogP contribution in [0.4, 0.5) is 0 Å². The van der Waals surface area contributed by atoms with Crippen LogP contribution in [0.2, 0.25) is 0 Å². The van der Waals surface area contributed by atoms with Crippen LogP contribution in [-0.2, 0) is 9.59 Å². The Morgan fingerprint density at radius 3 is 2.35 bits per heavy atom. The summed E-state index contributed by atoms with van der Waals surface area (Å²) in [5.41, 5.74) is -0.457. The van der Waals surface area contributed by atoms with E-state index in [1.807, 2.05) is 27.7 Å². The average Bonchev–Trinajstić information content (AvgIpc) is 2.60. The highest BCUT2D eigenvalue weighted by atomic mass is 32.2. The van der Waals surface area contributed by atoms with Crippen molar-refractivity contribution in [1.29, 1.82) is 0 Å². The molecule has 0 aromatic rings. The number of rotatable bonds is 3. The van der Waals surface area contributed by atoms with E-state index in [2.05, 4.69) is 0 Å². The van der Waals surface area contributed by atoms with Crippen molar-refractivity contribution in [2.45, 2.75) is 50.8 Å². The maximum absolute atomic E-state index is 12.5. The van der Waals surface area contributed by atoms with Gasteiger partial charge in [0, 0.05) is 5.54 Å². The zero-order valence-corrected chi connectivity index (χ0v) is 11.8. The summed E-state index contributed by atoms with van der Waals surface area (Å²) in [6, 6.07) is 0. The van der Waals surface area contributed by atoms with Gasteiger partial charge in [0.1, 0.15) is 6.54 Å². The second kappa shape index (κ2) is 4.88. The summed E-state index contributed by atoms with van der Waals surface area (Å²) in [4.78, 5) is 24.9. The van der Waals surface area contributed by atoms with Crippen molar-refractivity contribution in [3.05, 3.63) is 0 Å². The maximum Gasteiger partial charge on any atom is 0.323 e. The van der Waals surface area contributed by atoms with Crippen LogP contribution in [0.15, 0.2) is 0 Å². The molecule has 0 aliphatic carbocycles. The SMILES string of the molecule is CC1(C(=O)N(CC(=O)O)C(C)(C)C)CCCS1. The van der Waals surface area contributed by atoms with E-state index in [-0.39, 0.29) is 12.5 Å². The number of hydrogen-bond acceptors (Lipinski definition) is 3. The Labute approximate surface area is 107 Å². The molecule has 1 amide bonds. The number of carbonyl (C=O) groups is 2. The molecule has 0 bridgehead atoms. The highest BCUT2D eigenvalue weighted by Gasteiger charge is 2.43. The minimum Gasteiger partial charge on any atom is -0.480 e. The van der Waals surface area contributed by atoms with Gasteiger partial charge in [-0.25, -0.2) is 0 Å². The molecule has 1 heterocycles. The molecule has 0 aromatic carbocycles. The van der Waals surface area contributed by atoms with Gasteiger partial charge in [0.2, 0.25) is 5.91 Å². The summed E-state index contributed by atoms with van der Waals surface area (Å²) in [6.45, 7) is 7.32. The molecule has 0 aromatic heterocycles. The van der Waals surface area contributed by atoms with Crippen LogP contribution in [-0.4, -0.2) is 44.5 Å². The molecule has 5 heteroatoms. The minimum atomic E-state index is -0.958. The van der Waals surface area contributed by atoms with Crippen molar-refractivity contribution in [1.82, 2.24) is 4.90 Å². The summed E-state index contributed by atoms with van der Waals surface area (Å²) < 4.78 is -0.442. The van der Waals surface area contributed by atoms with Gasteiger partial charge in [-0.3, -0.25) is 9.59 Å².